The van der Waals surface area contributed by atoms with E-state index in [0.717, 1.165) is 11.3 Å². The van der Waals surface area contributed by atoms with Gasteiger partial charge in [0.25, 0.3) is 0 Å². The molecule has 0 aromatic carbocycles. The van der Waals surface area contributed by atoms with Crippen LogP contribution in [0.5, 0.6) is 0 Å². The quantitative estimate of drug-likeness (QED) is 0.760. The van der Waals surface area contributed by atoms with Gasteiger partial charge in [0.05, 0.1) is 25.2 Å². The number of hydrogen-bond donors (Lipinski definition) is 2. The van der Waals surface area contributed by atoms with Crippen LogP contribution in [0.25, 0.3) is 0 Å². The van der Waals surface area contributed by atoms with Gasteiger partial charge in [0, 0.05) is 30.9 Å². The van der Waals surface area contributed by atoms with Crippen molar-refractivity contribution in [1.29, 1.82) is 0 Å². The van der Waals surface area contributed by atoms with E-state index in [4.69, 9.17) is 4.74 Å². The maximum atomic E-state index is 12.6. The number of aromatic amines is 1. The molecule has 2 aliphatic heterocycles. The van der Waals surface area contributed by atoms with Crippen LogP contribution in [0.15, 0.2) is 4.79 Å². The average molecular weight is 334 g/mol. The summed E-state index contributed by atoms with van der Waals surface area (Å²) in [6.07, 6.45) is 0.841. The highest BCUT2D eigenvalue weighted by Crippen LogP contribution is 2.16. The van der Waals surface area contributed by atoms with Gasteiger partial charge in [-0.15, -0.1) is 0 Å². The summed E-state index contributed by atoms with van der Waals surface area (Å²) in [5, 5.41) is 2.92. The minimum atomic E-state index is -0.370. The first kappa shape index (κ1) is 16.6. The Bertz CT molecular complexity index is 688. The van der Waals surface area contributed by atoms with E-state index in [1.807, 2.05) is 6.92 Å². The first-order chi connectivity index (χ1) is 11.4. The lowest BCUT2D eigenvalue weighted by molar-refractivity contribution is -0.133. The molecular formula is C16H22N4O4. The number of fused-ring (bicyclic) bond motifs is 3. The molecule has 24 heavy (non-hydrogen) atoms. The maximum absolute atomic E-state index is 12.6. The van der Waals surface area contributed by atoms with Gasteiger partial charge >= 0.3 is 5.69 Å². The van der Waals surface area contributed by atoms with Crippen molar-refractivity contribution in [1.82, 2.24) is 20.2 Å². The lowest BCUT2D eigenvalue weighted by atomic mass is 10.1. The zero-order valence-electron chi connectivity index (χ0n) is 13.9. The first-order valence-electron chi connectivity index (χ1n) is 8.16. The molecule has 8 heteroatoms. The van der Waals surface area contributed by atoms with Crippen LogP contribution in [0.4, 0.5) is 0 Å². The number of nitrogens with one attached hydrogen (secondary N) is 2. The molecule has 2 fully saturated rings. The highest BCUT2D eigenvalue weighted by Gasteiger charge is 2.34. The fraction of sp³-hybridized carbons (Fsp3) is 0.625. The van der Waals surface area contributed by atoms with Gasteiger partial charge in [-0.3, -0.25) is 9.59 Å². The van der Waals surface area contributed by atoms with Crippen molar-refractivity contribution in [3.8, 4) is 0 Å². The van der Waals surface area contributed by atoms with Crippen LogP contribution in [0.1, 0.15) is 23.4 Å². The lowest BCUT2D eigenvalue weighted by Crippen LogP contribution is -2.44. The topological polar surface area (TPSA) is 104 Å². The molecular weight excluding hydrogens is 312 g/mol. The molecule has 1 aromatic heterocycles. The van der Waals surface area contributed by atoms with E-state index in [9.17, 15) is 14.4 Å². The predicted molar refractivity (Wildman–Crippen MR) is 85.5 cm³/mol. The first-order valence-corrected chi connectivity index (χ1v) is 8.16. The zero-order chi connectivity index (χ0) is 17.3. The summed E-state index contributed by atoms with van der Waals surface area (Å²) >= 11 is 0. The number of nitrogens with zero attached hydrogens (tertiary/aromatic N) is 2. The second-order valence-electron chi connectivity index (χ2n) is 6.47. The SMILES string of the molecule is Cc1nc(=O)[nH]c(C)c1CCC(=O)N1C[C@H]2COC[C@@H](C1)C(=O)N2. The Morgan fingerprint density at radius 3 is 2.83 bits per heavy atom. The predicted octanol–water partition coefficient (Wildman–Crippen LogP) is -0.707. The summed E-state index contributed by atoms with van der Waals surface area (Å²) in [6.45, 7) is 5.25. The fourth-order valence-corrected chi connectivity index (χ4v) is 3.35. The van der Waals surface area contributed by atoms with Crippen LogP contribution in [0.3, 0.4) is 0 Å². The maximum Gasteiger partial charge on any atom is 0.345 e. The van der Waals surface area contributed by atoms with Crippen LogP contribution >= 0.6 is 0 Å². The summed E-state index contributed by atoms with van der Waals surface area (Å²) in [4.78, 5) is 44.2. The summed E-state index contributed by atoms with van der Waals surface area (Å²) in [6, 6.07) is -0.146. The van der Waals surface area contributed by atoms with E-state index in [2.05, 4.69) is 15.3 Å². The lowest BCUT2D eigenvalue weighted by Gasteiger charge is -2.27. The zero-order valence-corrected chi connectivity index (χ0v) is 13.9. The van der Waals surface area contributed by atoms with Gasteiger partial charge in [-0.2, -0.15) is 4.98 Å². The van der Waals surface area contributed by atoms with Gasteiger partial charge in [0.2, 0.25) is 11.8 Å². The minimum Gasteiger partial charge on any atom is -0.378 e. The Kier molecular flexibility index (Phi) is 4.66. The normalized spacial score (nSPS) is 23.6. The molecule has 2 saturated heterocycles. The molecule has 0 radical (unpaired) electrons. The van der Waals surface area contributed by atoms with Gasteiger partial charge in [0.15, 0.2) is 0 Å². The Hall–Kier alpha value is -2.22. The van der Waals surface area contributed by atoms with Crippen LogP contribution in [-0.2, 0) is 20.7 Å². The number of aryl methyl sites for hydroxylation is 2. The van der Waals surface area contributed by atoms with E-state index in [1.54, 1.807) is 11.8 Å². The van der Waals surface area contributed by atoms with Crippen molar-refractivity contribution < 1.29 is 14.3 Å². The Morgan fingerprint density at radius 1 is 1.29 bits per heavy atom. The number of hydrogen-bond acceptors (Lipinski definition) is 5. The summed E-state index contributed by atoms with van der Waals surface area (Å²) in [5.74, 6) is -0.336. The Labute approximate surface area is 139 Å². The van der Waals surface area contributed by atoms with Gasteiger partial charge in [-0.1, -0.05) is 0 Å². The van der Waals surface area contributed by atoms with Crippen molar-refractivity contribution in [3.63, 3.8) is 0 Å². The molecule has 130 valence electrons. The number of ether oxygens (including phenoxy) is 1. The van der Waals surface area contributed by atoms with E-state index >= 15 is 0 Å². The minimum absolute atomic E-state index is 0.00778. The highest BCUT2D eigenvalue weighted by atomic mass is 16.5. The van der Waals surface area contributed by atoms with Crippen molar-refractivity contribution >= 4 is 11.8 Å². The molecule has 0 saturated carbocycles. The molecule has 3 rings (SSSR count). The molecule has 1 aromatic rings. The number of carbonyl (C=O) groups is 2. The summed E-state index contributed by atoms with van der Waals surface area (Å²) in [5.41, 5.74) is 1.93. The van der Waals surface area contributed by atoms with Crippen LogP contribution < -0.4 is 11.0 Å². The molecule has 2 aliphatic rings. The largest absolute Gasteiger partial charge is 0.378 e. The molecule has 0 spiro atoms. The van der Waals surface area contributed by atoms with E-state index in [0.29, 0.717) is 44.8 Å². The van der Waals surface area contributed by atoms with Gasteiger partial charge in [-0.05, 0) is 25.8 Å². The number of aromatic nitrogens is 2. The number of amides is 2. The van der Waals surface area contributed by atoms with E-state index < -0.39 is 0 Å². The van der Waals surface area contributed by atoms with Gasteiger partial charge in [0.1, 0.15) is 0 Å². The smallest absolute Gasteiger partial charge is 0.345 e. The fourth-order valence-electron chi connectivity index (χ4n) is 3.35. The molecule has 0 unspecified atom stereocenters. The molecule has 2 N–H and O–H groups in total. The second-order valence-corrected chi connectivity index (χ2v) is 6.47. The number of H-pyrrole nitrogens is 1. The summed E-state index contributed by atoms with van der Waals surface area (Å²) < 4.78 is 5.47. The molecule has 2 bridgehead atoms. The van der Waals surface area contributed by atoms with Gasteiger partial charge in [-0.25, -0.2) is 4.79 Å². The third kappa shape index (κ3) is 3.48. The van der Waals surface area contributed by atoms with Crippen LogP contribution in [-0.4, -0.2) is 59.0 Å². The number of carbonyl (C=O) groups excluding carboxylic acids is 2. The van der Waals surface area contributed by atoms with E-state index in [-0.39, 0.29) is 29.5 Å². The standard InChI is InChI=1S/C16H22N4O4/c1-9-13(10(2)18-16(23)17-9)3-4-14(21)20-5-11-7-24-8-12(6-20)19-15(11)22/h11-12H,3-8H2,1-2H3,(H,19,22)(H,17,18,23)/t11-,12+/m1/s1. The Morgan fingerprint density at radius 2 is 2.08 bits per heavy atom. The number of rotatable bonds is 3. The monoisotopic (exact) mass is 334 g/mol. The molecule has 8 nitrogen and oxygen atoms in total. The average Bonchev–Trinajstić information content (AvgIpc) is 2.74. The molecule has 2 amide bonds. The van der Waals surface area contributed by atoms with Crippen LogP contribution in [0.2, 0.25) is 0 Å². The van der Waals surface area contributed by atoms with Gasteiger partial charge < -0.3 is 19.9 Å². The summed E-state index contributed by atoms with van der Waals surface area (Å²) in [7, 11) is 0. The highest BCUT2D eigenvalue weighted by molar-refractivity contribution is 5.82. The molecule has 3 heterocycles. The van der Waals surface area contributed by atoms with E-state index in [1.165, 1.54) is 0 Å². The third-order valence-electron chi connectivity index (χ3n) is 4.63. The second kappa shape index (κ2) is 6.72. The van der Waals surface area contributed by atoms with Crippen molar-refractivity contribution in [2.24, 2.45) is 5.92 Å². The molecule has 2 atom stereocenters. The Balaban J connectivity index is 1.67. The van der Waals surface area contributed by atoms with Crippen molar-refractivity contribution in [2.45, 2.75) is 32.7 Å². The third-order valence-corrected chi connectivity index (χ3v) is 4.63. The molecule has 0 aliphatic carbocycles. The van der Waals surface area contributed by atoms with Crippen LogP contribution in [0, 0.1) is 19.8 Å². The van der Waals surface area contributed by atoms with Crippen molar-refractivity contribution in [3.05, 3.63) is 27.4 Å². The van der Waals surface area contributed by atoms with Crippen molar-refractivity contribution in [2.75, 3.05) is 26.3 Å².